The number of nitrogens with zero attached hydrogens (tertiary/aromatic N) is 1. The molecule has 1 unspecified atom stereocenters. The average molecular weight is 157 g/mol. The van der Waals surface area contributed by atoms with Crippen LogP contribution in [0.1, 0.15) is 6.92 Å². The molecule has 0 saturated carbocycles. The Kier molecular flexibility index (Phi) is 3.83. The van der Waals surface area contributed by atoms with Gasteiger partial charge in [0.05, 0.1) is 13.2 Å². The minimum Gasteiger partial charge on any atom is -0.379 e. The molecule has 0 aromatic carbocycles. The zero-order valence-electron chi connectivity index (χ0n) is 7.18. The summed E-state index contributed by atoms with van der Waals surface area (Å²) in [6.45, 7) is 7.55. The first-order valence-corrected chi connectivity index (χ1v) is 4.27. The summed E-state index contributed by atoms with van der Waals surface area (Å²) < 4.78 is 5.23. The van der Waals surface area contributed by atoms with Crippen LogP contribution < -0.4 is 5.73 Å². The minimum atomic E-state index is 0.507. The fourth-order valence-corrected chi connectivity index (χ4v) is 1.29. The largest absolute Gasteiger partial charge is 0.379 e. The molecule has 0 aromatic rings. The summed E-state index contributed by atoms with van der Waals surface area (Å²) in [7, 11) is 0. The molecule has 0 amide bonds. The van der Waals surface area contributed by atoms with Crippen LogP contribution in [0.25, 0.3) is 0 Å². The third-order valence-electron chi connectivity index (χ3n) is 2.02. The maximum atomic E-state index is 7.17. The molecular weight excluding hydrogens is 140 g/mol. The molecule has 0 bridgehead atoms. The second kappa shape index (κ2) is 4.70. The third kappa shape index (κ3) is 3.18. The van der Waals surface area contributed by atoms with Crippen molar-refractivity contribution in [1.29, 1.82) is 0 Å². The van der Waals surface area contributed by atoms with Crippen LogP contribution >= 0.6 is 0 Å². The summed E-state index contributed by atoms with van der Waals surface area (Å²) in [4.78, 5) is 2.38. The smallest absolute Gasteiger partial charge is 0.0594 e. The van der Waals surface area contributed by atoms with Crippen molar-refractivity contribution in [3.63, 3.8) is 0 Å². The van der Waals surface area contributed by atoms with E-state index in [2.05, 4.69) is 11.8 Å². The molecular formula is C8H17N2O. The zero-order chi connectivity index (χ0) is 8.10. The molecule has 1 aliphatic rings. The lowest BCUT2D eigenvalue weighted by Crippen LogP contribution is -2.39. The predicted molar refractivity (Wildman–Crippen MR) is 44.4 cm³/mol. The fraction of sp³-hybridized carbons (Fsp3) is 1.00. The third-order valence-corrected chi connectivity index (χ3v) is 2.02. The summed E-state index contributed by atoms with van der Waals surface area (Å²) in [5.41, 5.74) is 7.17. The molecule has 1 radical (unpaired) electrons. The van der Waals surface area contributed by atoms with Gasteiger partial charge in [-0.1, -0.05) is 6.92 Å². The van der Waals surface area contributed by atoms with E-state index in [0.717, 1.165) is 32.8 Å². The standard InChI is InChI=1S/C8H17N2O/c1-8(6-9)7-10-2-4-11-5-3-10/h8-9H,2-7H2,1H3. The van der Waals surface area contributed by atoms with E-state index in [1.54, 1.807) is 0 Å². The van der Waals surface area contributed by atoms with Gasteiger partial charge in [-0.15, -0.1) is 0 Å². The van der Waals surface area contributed by atoms with Crippen molar-refractivity contribution in [2.75, 3.05) is 39.4 Å². The van der Waals surface area contributed by atoms with Gasteiger partial charge in [0.15, 0.2) is 0 Å². The molecule has 1 fully saturated rings. The van der Waals surface area contributed by atoms with Gasteiger partial charge in [-0.05, 0) is 5.92 Å². The van der Waals surface area contributed by atoms with Crippen LogP contribution in [0.2, 0.25) is 0 Å². The normalized spacial score (nSPS) is 23.5. The maximum Gasteiger partial charge on any atom is 0.0594 e. The van der Waals surface area contributed by atoms with E-state index in [1.165, 1.54) is 0 Å². The van der Waals surface area contributed by atoms with Crippen molar-refractivity contribution < 1.29 is 4.74 Å². The lowest BCUT2D eigenvalue weighted by molar-refractivity contribution is 0.0322. The first-order valence-electron chi connectivity index (χ1n) is 4.27. The number of morpholine rings is 1. The van der Waals surface area contributed by atoms with Gasteiger partial charge in [-0.3, -0.25) is 10.6 Å². The number of ether oxygens (including phenoxy) is 1. The van der Waals surface area contributed by atoms with E-state index in [0.29, 0.717) is 12.5 Å². The lowest BCUT2D eigenvalue weighted by Gasteiger charge is -2.28. The quantitative estimate of drug-likeness (QED) is 0.588. The van der Waals surface area contributed by atoms with Gasteiger partial charge in [-0.2, -0.15) is 0 Å². The summed E-state index contributed by atoms with van der Waals surface area (Å²) in [6, 6.07) is 0. The van der Waals surface area contributed by atoms with E-state index in [9.17, 15) is 0 Å². The maximum absolute atomic E-state index is 7.17. The Morgan fingerprint density at radius 1 is 1.45 bits per heavy atom. The zero-order valence-corrected chi connectivity index (χ0v) is 7.18. The molecule has 1 atom stereocenters. The van der Waals surface area contributed by atoms with Gasteiger partial charge in [0.1, 0.15) is 0 Å². The first-order chi connectivity index (χ1) is 5.33. The molecule has 1 aliphatic heterocycles. The Morgan fingerprint density at radius 2 is 2.09 bits per heavy atom. The molecule has 1 saturated heterocycles. The van der Waals surface area contributed by atoms with Gasteiger partial charge in [0.25, 0.3) is 0 Å². The van der Waals surface area contributed by atoms with E-state index in [4.69, 9.17) is 10.5 Å². The number of rotatable bonds is 3. The van der Waals surface area contributed by atoms with Crippen LogP contribution in [0.4, 0.5) is 0 Å². The second-order valence-corrected chi connectivity index (χ2v) is 3.22. The van der Waals surface area contributed by atoms with Gasteiger partial charge in [0.2, 0.25) is 0 Å². The summed E-state index contributed by atoms with van der Waals surface area (Å²) in [5, 5.41) is 0. The Labute approximate surface area is 68.5 Å². The molecule has 0 aliphatic carbocycles. The summed E-state index contributed by atoms with van der Waals surface area (Å²) in [5.74, 6) is 0.507. The highest BCUT2D eigenvalue weighted by molar-refractivity contribution is 4.65. The van der Waals surface area contributed by atoms with E-state index < -0.39 is 0 Å². The van der Waals surface area contributed by atoms with Crippen LogP contribution in [-0.2, 0) is 4.74 Å². The van der Waals surface area contributed by atoms with Crippen molar-refractivity contribution in [3.05, 3.63) is 0 Å². The average Bonchev–Trinajstić information content (AvgIpc) is 2.06. The Hall–Kier alpha value is -0.120. The van der Waals surface area contributed by atoms with E-state index in [1.807, 2.05) is 0 Å². The van der Waals surface area contributed by atoms with Crippen LogP contribution in [0.5, 0.6) is 0 Å². The first kappa shape index (κ1) is 8.97. The van der Waals surface area contributed by atoms with E-state index in [-0.39, 0.29) is 0 Å². The highest BCUT2D eigenvalue weighted by Gasteiger charge is 2.12. The van der Waals surface area contributed by atoms with Crippen molar-refractivity contribution in [2.45, 2.75) is 6.92 Å². The Morgan fingerprint density at radius 3 is 2.64 bits per heavy atom. The lowest BCUT2D eigenvalue weighted by atomic mass is 10.1. The highest BCUT2D eigenvalue weighted by atomic mass is 16.5. The van der Waals surface area contributed by atoms with Crippen LogP contribution in [0, 0.1) is 5.92 Å². The molecule has 0 spiro atoms. The van der Waals surface area contributed by atoms with Crippen molar-refractivity contribution in [1.82, 2.24) is 10.6 Å². The summed E-state index contributed by atoms with van der Waals surface area (Å²) >= 11 is 0. The molecule has 1 rings (SSSR count). The van der Waals surface area contributed by atoms with Crippen LogP contribution in [0.15, 0.2) is 0 Å². The summed E-state index contributed by atoms with van der Waals surface area (Å²) in [6.07, 6.45) is 0. The number of nitrogens with one attached hydrogen (secondary N) is 1. The second-order valence-electron chi connectivity index (χ2n) is 3.22. The SMILES string of the molecule is CC(C[NH])CN1CCOCC1. The predicted octanol–water partition coefficient (Wildman–Crippen LogP) is 0.238. The van der Waals surface area contributed by atoms with Crippen LogP contribution in [-0.4, -0.2) is 44.3 Å². The fourth-order valence-electron chi connectivity index (χ4n) is 1.29. The highest BCUT2D eigenvalue weighted by Crippen LogP contribution is 2.01. The molecule has 0 aromatic heterocycles. The molecule has 3 heteroatoms. The van der Waals surface area contributed by atoms with Crippen molar-refractivity contribution >= 4 is 0 Å². The van der Waals surface area contributed by atoms with Gasteiger partial charge in [-0.25, -0.2) is 0 Å². The topological polar surface area (TPSA) is 36.3 Å². The minimum absolute atomic E-state index is 0.507. The molecule has 11 heavy (non-hydrogen) atoms. The molecule has 3 nitrogen and oxygen atoms in total. The van der Waals surface area contributed by atoms with Crippen LogP contribution in [0.3, 0.4) is 0 Å². The monoisotopic (exact) mass is 157 g/mol. The van der Waals surface area contributed by atoms with E-state index >= 15 is 0 Å². The number of hydrogen-bond donors (Lipinski definition) is 0. The molecule has 1 N–H and O–H groups in total. The van der Waals surface area contributed by atoms with Crippen molar-refractivity contribution in [2.24, 2.45) is 5.92 Å². The Bertz CT molecular complexity index is 102. The molecule has 1 heterocycles. The van der Waals surface area contributed by atoms with Crippen molar-refractivity contribution in [3.8, 4) is 0 Å². The van der Waals surface area contributed by atoms with Gasteiger partial charge >= 0.3 is 0 Å². The Balaban J connectivity index is 2.13. The van der Waals surface area contributed by atoms with Gasteiger partial charge < -0.3 is 4.74 Å². The number of hydrogen-bond acceptors (Lipinski definition) is 2. The molecule has 65 valence electrons. The van der Waals surface area contributed by atoms with Gasteiger partial charge in [0, 0.05) is 26.2 Å².